The Hall–Kier alpha value is -2.50. The van der Waals surface area contributed by atoms with Crippen molar-refractivity contribution in [2.75, 3.05) is 0 Å². The number of nitro benzene ring substituents is 1. The predicted molar refractivity (Wildman–Crippen MR) is 56.8 cm³/mol. The van der Waals surface area contributed by atoms with Gasteiger partial charge in [-0.05, 0) is 11.6 Å². The number of nitrogens with zero attached hydrogens (tertiary/aromatic N) is 1. The molecule has 1 aromatic carbocycles. The highest BCUT2D eigenvalue weighted by molar-refractivity contribution is 6.08. The summed E-state index contributed by atoms with van der Waals surface area (Å²) in [5.74, 6) is -1.30. The number of carbonyl (C=O) groups excluding carboxylic acids is 2. The van der Waals surface area contributed by atoms with Crippen LogP contribution in [0.5, 0.6) is 0 Å². The summed E-state index contributed by atoms with van der Waals surface area (Å²) in [4.78, 5) is 32.0. The molecule has 2 rings (SSSR count). The van der Waals surface area contributed by atoms with Crippen LogP contribution in [0, 0.1) is 10.1 Å². The van der Waals surface area contributed by atoms with Crippen molar-refractivity contribution < 1.29 is 19.2 Å². The summed E-state index contributed by atoms with van der Waals surface area (Å²) in [7, 11) is 0. The quantitative estimate of drug-likeness (QED) is 0.253. The summed E-state index contributed by atoms with van der Waals surface area (Å²) in [5.41, 5.74) is 0.619. The van der Waals surface area contributed by atoms with Gasteiger partial charge < -0.3 is 4.74 Å². The highest BCUT2D eigenvalue weighted by atomic mass is 16.6. The van der Waals surface area contributed by atoms with Crippen molar-refractivity contribution in [3.63, 3.8) is 0 Å². The predicted octanol–water partition coefficient (Wildman–Crippen LogP) is 1.45. The number of benzene rings is 1. The summed E-state index contributed by atoms with van der Waals surface area (Å²) in [6, 6.07) is 5.78. The van der Waals surface area contributed by atoms with Gasteiger partial charge in [-0.3, -0.25) is 14.9 Å². The molecule has 17 heavy (non-hydrogen) atoms. The zero-order valence-electron chi connectivity index (χ0n) is 8.58. The standard InChI is InChI=1S/C11H7NO5/c13-10-6-8(11(14)17-10)4-7-2-1-3-9(5-7)12(15)16/h1-5H,6H2. The van der Waals surface area contributed by atoms with Gasteiger partial charge in [0.2, 0.25) is 0 Å². The van der Waals surface area contributed by atoms with E-state index >= 15 is 0 Å². The van der Waals surface area contributed by atoms with Crippen molar-refractivity contribution in [1.29, 1.82) is 0 Å². The second kappa shape index (κ2) is 4.17. The molecule has 1 fully saturated rings. The lowest BCUT2D eigenvalue weighted by molar-refractivity contribution is -0.384. The number of esters is 2. The first kappa shape index (κ1) is 11.0. The molecule has 1 aliphatic rings. The fraction of sp³-hybridized carbons (Fsp3) is 0.0909. The maximum absolute atomic E-state index is 11.2. The summed E-state index contributed by atoms with van der Waals surface area (Å²) in [6.45, 7) is 0. The smallest absolute Gasteiger partial charge is 0.342 e. The van der Waals surface area contributed by atoms with Gasteiger partial charge >= 0.3 is 11.9 Å². The van der Waals surface area contributed by atoms with Gasteiger partial charge in [-0.2, -0.15) is 0 Å². The van der Waals surface area contributed by atoms with Gasteiger partial charge in [0.25, 0.3) is 5.69 Å². The van der Waals surface area contributed by atoms with Gasteiger partial charge in [-0.15, -0.1) is 0 Å². The molecule has 1 aromatic rings. The fourth-order valence-corrected chi connectivity index (χ4v) is 1.47. The Labute approximate surface area is 95.7 Å². The SMILES string of the molecule is O=C1CC(=Cc2cccc([N+](=O)[O-])c2)C(=O)O1. The van der Waals surface area contributed by atoms with Crippen LogP contribution >= 0.6 is 0 Å². The van der Waals surface area contributed by atoms with Crippen molar-refractivity contribution in [2.24, 2.45) is 0 Å². The van der Waals surface area contributed by atoms with Crippen molar-refractivity contribution in [3.05, 3.63) is 45.5 Å². The van der Waals surface area contributed by atoms with Crippen molar-refractivity contribution in [3.8, 4) is 0 Å². The van der Waals surface area contributed by atoms with Crippen molar-refractivity contribution in [1.82, 2.24) is 0 Å². The van der Waals surface area contributed by atoms with Crippen LogP contribution in [0.1, 0.15) is 12.0 Å². The molecule has 1 aliphatic heterocycles. The Bertz CT molecular complexity index is 547. The number of hydrogen-bond donors (Lipinski definition) is 0. The van der Waals surface area contributed by atoms with Crippen LogP contribution in [0.4, 0.5) is 5.69 Å². The largest absolute Gasteiger partial charge is 0.389 e. The van der Waals surface area contributed by atoms with Gasteiger partial charge in [-0.1, -0.05) is 12.1 Å². The molecule has 6 heteroatoms. The van der Waals surface area contributed by atoms with Crippen LogP contribution in [0.2, 0.25) is 0 Å². The number of carbonyl (C=O) groups is 2. The third kappa shape index (κ3) is 2.36. The monoisotopic (exact) mass is 233 g/mol. The molecular weight excluding hydrogens is 226 g/mol. The number of nitro groups is 1. The molecular formula is C11H7NO5. The van der Waals surface area contributed by atoms with E-state index in [9.17, 15) is 19.7 Å². The minimum Gasteiger partial charge on any atom is -0.389 e. The Kier molecular flexibility index (Phi) is 2.70. The maximum atomic E-state index is 11.2. The lowest BCUT2D eigenvalue weighted by Crippen LogP contribution is -1.96. The number of ether oxygens (including phenoxy) is 1. The van der Waals surface area contributed by atoms with E-state index in [0.29, 0.717) is 5.56 Å². The molecule has 0 N–H and O–H groups in total. The van der Waals surface area contributed by atoms with E-state index in [4.69, 9.17) is 0 Å². The third-order valence-corrected chi connectivity index (χ3v) is 2.23. The minimum atomic E-state index is -0.693. The van der Waals surface area contributed by atoms with E-state index in [1.165, 1.54) is 24.3 Å². The van der Waals surface area contributed by atoms with Crippen molar-refractivity contribution >= 4 is 23.7 Å². The average molecular weight is 233 g/mol. The lowest BCUT2D eigenvalue weighted by Gasteiger charge is -1.95. The molecule has 0 amide bonds. The van der Waals surface area contributed by atoms with Gasteiger partial charge in [0.1, 0.15) is 0 Å². The van der Waals surface area contributed by atoms with Crippen LogP contribution in [-0.4, -0.2) is 16.9 Å². The topological polar surface area (TPSA) is 86.5 Å². The first-order valence-electron chi connectivity index (χ1n) is 4.76. The van der Waals surface area contributed by atoms with E-state index in [2.05, 4.69) is 4.74 Å². The van der Waals surface area contributed by atoms with Crippen LogP contribution in [0.15, 0.2) is 29.8 Å². The maximum Gasteiger partial charge on any atom is 0.342 e. The number of hydrogen-bond acceptors (Lipinski definition) is 5. The molecule has 1 saturated heterocycles. The van der Waals surface area contributed by atoms with Crippen LogP contribution < -0.4 is 0 Å². The van der Waals surface area contributed by atoms with Gasteiger partial charge in [0.05, 0.1) is 11.3 Å². The summed E-state index contributed by atoms with van der Waals surface area (Å²) in [5, 5.41) is 10.5. The van der Waals surface area contributed by atoms with E-state index in [-0.39, 0.29) is 17.7 Å². The highest BCUT2D eigenvalue weighted by Crippen LogP contribution is 2.20. The zero-order chi connectivity index (χ0) is 12.4. The minimum absolute atomic E-state index is 0.0722. The molecule has 86 valence electrons. The molecule has 6 nitrogen and oxygen atoms in total. The van der Waals surface area contributed by atoms with E-state index in [1.807, 2.05) is 0 Å². The van der Waals surface area contributed by atoms with Crippen LogP contribution in [0.25, 0.3) is 6.08 Å². The van der Waals surface area contributed by atoms with E-state index in [0.717, 1.165) is 0 Å². The molecule has 0 bridgehead atoms. The summed E-state index contributed by atoms with van der Waals surface area (Å²) < 4.78 is 4.34. The Morgan fingerprint density at radius 2 is 2.12 bits per heavy atom. The van der Waals surface area contributed by atoms with Crippen LogP contribution in [-0.2, 0) is 14.3 Å². The molecule has 0 aliphatic carbocycles. The molecule has 0 saturated carbocycles. The first-order chi connectivity index (χ1) is 8.06. The molecule has 0 radical (unpaired) electrons. The Morgan fingerprint density at radius 1 is 1.35 bits per heavy atom. The Morgan fingerprint density at radius 3 is 2.71 bits per heavy atom. The first-order valence-corrected chi connectivity index (χ1v) is 4.76. The number of cyclic esters (lactones) is 2. The normalized spacial score (nSPS) is 17.3. The van der Waals surface area contributed by atoms with Crippen molar-refractivity contribution in [2.45, 2.75) is 6.42 Å². The number of rotatable bonds is 2. The van der Waals surface area contributed by atoms with Gasteiger partial charge in [0.15, 0.2) is 0 Å². The second-order valence-electron chi connectivity index (χ2n) is 3.46. The third-order valence-electron chi connectivity index (χ3n) is 2.23. The fourth-order valence-electron chi connectivity index (χ4n) is 1.47. The Balaban J connectivity index is 2.33. The summed E-state index contributed by atoms with van der Waals surface area (Å²) >= 11 is 0. The average Bonchev–Trinajstić information content (AvgIpc) is 2.58. The zero-order valence-corrected chi connectivity index (χ0v) is 8.58. The lowest BCUT2D eigenvalue weighted by atomic mass is 10.1. The van der Waals surface area contributed by atoms with E-state index in [1.54, 1.807) is 6.07 Å². The van der Waals surface area contributed by atoms with Gasteiger partial charge in [-0.25, -0.2) is 4.79 Å². The molecule has 0 atom stereocenters. The molecule has 0 aromatic heterocycles. The molecule has 1 heterocycles. The van der Waals surface area contributed by atoms with Crippen LogP contribution in [0.3, 0.4) is 0 Å². The second-order valence-corrected chi connectivity index (χ2v) is 3.46. The van der Waals surface area contributed by atoms with Gasteiger partial charge in [0, 0.05) is 17.7 Å². The molecule has 0 unspecified atom stereocenters. The number of non-ortho nitro benzene ring substituents is 1. The highest BCUT2D eigenvalue weighted by Gasteiger charge is 2.26. The van der Waals surface area contributed by atoms with E-state index < -0.39 is 16.9 Å². The molecule has 0 spiro atoms. The summed E-state index contributed by atoms with van der Waals surface area (Å²) in [6.07, 6.45) is 1.32.